The molecule has 19 heavy (non-hydrogen) atoms. The third kappa shape index (κ3) is 3.38. The van der Waals surface area contributed by atoms with Crippen LogP contribution in [0.15, 0.2) is 30.5 Å². The van der Waals surface area contributed by atoms with Gasteiger partial charge in [-0.05, 0) is 36.7 Å². The van der Waals surface area contributed by atoms with Crippen LogP contribution in [0.2, 0.25) is 0 Å². The van der Waals surface area contributed by atoms with E-state index in [2.05, 4.69) is 10.4 Å². The first kappa shape index (κ1) is 13.7. The average Bonchev–Trinajstić information content (AvgIpc) is 2.80. The van der Waals surface area contributed by atoms with Gasteiger partial charge >= 0.3 is 0 Å². The molecule has 2 rings (SSSR count). The largest absolute Gasteiger partial charge is 0.309 e. The van der Waals surface area contributed by atoms with Crippen molar-refractivity contribution >= 4 is 0 Å². The fourth-order valence-electron chi connectivity index (χ4n) is 2.05. The van der Waals surface area contributed by atoms with Gasteiger partial charge in [0.1, 0.15) is 0 Å². The lowest BCUT2D eigenvalue weighted by Gasteiger charge is -2.16. The van der Waals surface area contributed by atoms with E-state index >= 15 is 0 Å². The molecule has 0 saturated heterocycles. The molecule has 0 amide bonds. The Hall–Kier alpha value is -1.75. The van der Waals surface area contributed by atoms with E-state index in [9.17, 15) is 8.78 Å². The van der Waals surface area contributed by atoms with Crippen molar-refractivity contribution in [2.75, 3.05) is 6.54 Å². The number of aromatic nitrogens is 2. The molecule has 0 spiro atoms. The van der Waals surface area contributed by atoms with Crippen LogP contribution < -0.4 is 5.32 Å². The lowest BCUT2D eigenvalue weighted by atomic mass is 10.0. The minimum atomic E-state index is -0.818. The zero-order valence-corrected chi connectivity index (χ0v) is 11.0. The van der Waals surface area contributed by atoms with E-state index in [0.717, 1.165) is 23.9 Å². The van der Waals surface area contributed by atoms with Crippen molar-refractivity contribution in [3.63, 3.8) is 0 Å². The molecule has 0 aliphatic rings. The first-order valence-electron chi connectivity index (χ1n) is 6.27. The van der Waals surface area contributed by atoms with Gasteiger partial charge in [-0.15, -0.1) is 0 Å². The van der Waals surface area contributed by atoms with Crippen LogP contribution in [-0.2, 0) is 13.5 Å². The van der Waals surface area contributed by atoms with Crippen molar-refractivity contribution in [1.82, 2.24) is 15.1 Å². The molecule has 102 valence electrons. The number of likely N-dealkylation sites (N-methyl/N-ethyl adjacent to an activating group) is 1. The van der Waals surface area contributed by atoms with Gasteiger partial charge < -0.3 is 5.32 Å². The number of rotatable bonds is 5. The standard InChI is InChI=1S/C14H17F2N3/c1-3-17-14(13-6-7-19(2)18-13)9-10-4-5-11(15)12(16)8-10/h4-8,14,17H,3,9H2,1-2H3. The topological polar surface area (TPSA) is 29.9 Å². The van der Waals surface area contributed by atoms with E-state index < -0.39 is 11.6 Å². The van der Waals surface area contributed by atoms with Gasteiger partial charge in [-0.3, -0.25) is 4.68 Å². The predicted octanol–water partition coefficient (Wildman–Crippen LogP) is 2.59. The Morgan fingerprint density at radius 2 is 2.05 bits per heavy atom. The molecule has 1 heterocycles. The van der Waals surface area contributed by atoms with Crippen molar-refractivity contribution in [3.05, 3.63) is 53.4 Å². The van der Waals surface area contributed by atoms with Crippen molar-refractivity contribution in [2.24, 2.45) is 7.05 Å². The molecule has 5 heteroatoms. The number of hydrogen-bond acceptors (Lipinski definition) is 2. The zero-order chi connectivity index (χ0) is 13.8. The highest BCUT2D eigenvalue weighted by atomic mass is 19.2. The van der Waals surface area contributed by atoms with Crippen LogP contribution in [0.5, 0.6) is 0 Å². The number of benzene rings is 1. The number of nitrogens with one attached hydrogen (secondary N) is 1. The molecule has 0 saturated carbocycles. The maximum atomic E-state index is 13.2. The van der Waals surface area contributed by atoms with Crippen LogP contribution in [0.3, 0.4) is 0 Å². The van der Waals surface area contributed by atoms with Gasteiger partial charge in [0.2, 0.25) is 0 Å². The molecule has 1 unspecified atom stereocenters. The Morgan fingerprint density at radius 1 is 1.26 bits per heavy atom. The van der Waals surface area contributed by atoms with Gasteiger partial charge in [-0.25, -0.2) is 8.78 Å². The second-order valence-corrected chi connectivity index (χ2v) is 4.48. The van der Waals surface area contributed by atoms with Gasteiger partial charge in [-0.2, -0.15) is 5.10 Å². The van der Waals surface area contributed by atoms with E-state index in [-0.39, 0.29) is 6.04 Å². The van der Waals surface area contributed by atoms with Gasteiger partial charge in [-0.1, -0.05) is 13.0 Å². The van der Waals surface area contributed by atoms with Gasteiger partial charge in [0.15, 0.2) is 11.6 Å². The fourth-order valence-corrected chi connectivity index (χ4v) is 2.05. The summed E-state index contributed by atoms with van der Waals surface area (Å²) in [4.78, 5) is 0. The lowest BCUT2D eigenvalue weighted by molar-refractivity contribution is 0.499. The maximum Gasteiger partial charge on any atom is 0.159 e. The Bertz CT molecular complexity index is 551. The van der Waals surface area contributed by atoms with E-state index in [0.29, 0.717) is 6.42 Å². The van der Waals surface area contributed by atoms with Crippen LogP contribution in [0.4, 0.5) is 8.78 Å². The number of hydrogen-bond donors (Lipinski definition) is 1. The second-order valence-electron chi connectivity index (χ2n) is 4.48. The first-order chi connectivity index (χ1) is 9.10. The van der Waals surface area contributed by atoms with Crippen LogP contribution in [0, 0.1) is 11.6 Å². The summed E-state index contributed by atoms with van der Waals surface area (Å²) in [5.74, 6) is -1.63. The van der Waals surface area contributed by atoms with E-state index in [1.165, 1.54) is 6.07 Å². The smallest absolute Gasteiger partial charge is 0.159 e. The molecular weight excluding hydrogens is 248 g/mol. The normalized spacial score (nSPS) is 12.6. The fraction of sp³-hybridized carbons (Fsp3) is 0.357. The number of nitrogens with zero attached hydrogens (tertiary/aromatic N) is 2. The Balaban J connectivity index is 2.18. The van der Waals surface area contributed by atoms with Gasteiger partial charge in [0, 0.05) is 13.2 Å². The maximum absolute atomic E-state index is 13.2. The molecular formula is C14H17F2N3. The van der Waals surface area contributed by atoms with Crippen LogP contribution in [0.25, 0.3) is 0 Å². The molecule has 2 aromatic rings. The minimum Gasteiger partial charge on any atom is -0.309 e. The highest BCUT2D eigenvalue weighted by Gasteiger charge is 2.14. The summed E-state index contributed by atoms with van der Waals surface area (Å²) in [6.45, 7) is 2.78. The van der Waals surface area contributed by atoms with Gasteiger partial charge in [0.05, 0.1) is 11.7 Å². The summed E-state index contributed by atoms with van der Waals surface area (Å²) in [6.07, 6.45) is 2.44. The average molecular weight is 265 g/mol. The first-order valence-corrected chi connectivity index (χ1v) is 6.27. The van der Waals surface area contributed by atoms with Crippen molar-refractivity contribution in [2.45, 2.75) is 19.4 Å². The zero-order valence-electron chi connectivity index (χ0n) is 11.0. The van der Waals surface area contributed by atoms with Crippen LogP contribution in [0.1, 0.15) is 24.2 Å². The molecule has 0 aliphatic heterocycles. The van der Waals surface area contributed by atoms with Crippen molar-refractivity contribution in [1.29, 1.82) is 0 Å². The number of aryl methyl sites for hydroxylation is 1. The molecule has 0 fully saturated rings. The van der Waals surface area contributed by atoms with Crippen molar-refractivity contribution in [3.8, 4) is 0 Å². The summed E-state index contributed by atoms with van der Waals surface area (Å²) < 4.78 is 27.8. The quantitative estimate of drug-likeness (QED) is 0.900. The van der Waals surface area contributed by atoms with Gasteiger partial charge in [0.25, 0.3) is 0 Å². The molecule has 0 radical (unpaired) electrons. The highest BCUT2D eigenvalue weighted by Crippen LogP contribution is 2.18. The second kappa shape index (κ2) is 5.93. The third-order valence-corrected chi connectivity index (χ3v) is 2.97. The Labute approximate surface area is 111 Å². The van der Waals surface area contributed by atoms with E-state index in [1.54, 1.807) is 10.7 Å². The van der Waals surface area contributed by atoms with Crippen LogP contribution >= 0.6 is 0 Å². The SMILES string of the molecule is CCNC(Cc1ccc(F)c(F)c1)c1ccn(C)n1. The lowest BCUT2D eigenvalue weighted by Crippen LogP contribution is -2.23. The Morgan fingerprint density at radius 3 is 2.63 bits per heavy atom. The molecule has 3 nitrogen and oxygen atoms in total. The summed E-state index contributed by atoms with van der Waals surface area (Å²) >= 11 is 0. The number of halogens is 2. The minimum absolute atomic E-state index is 0.00365. The molecule has 1 N–H and O–H groups in total. The van der Waals surface area contributed by atoms with Crippen LogP contribution in [-0.4, -0.2) is 16.3 Å². The molecule has 0 bridgehead atoms. The summed E-state index contributed by atoms with van der Waals surface area (Å²) in [7, 11) is 1.85. The summed E-state index contributed by atoms with van der Waals surface area (Å²) in [5, 5.41) is 7.65. The van der Waals surface area contributed by atoms with E-state index in [4.69, 9.17) is 0 Å². The predicted molar refractivity (Wildman–Crippen MR) is 69.7 cm³/mol. The monoisotopic (exact) mass is 265 g/mol. The van der Waals surface area contributed by atoms with E-state index in [1.807, 2.05) is 26.2 Å². The molecule has 0 aliphatic carbocycles. The molecule has 1 atom stereocenters. The Kier molecular flexibility index (Phi) is 4.27. The molecule has 1 aromatic carbocycles. The third-order valence-electron chi connectivity index (χ3n) is 2.97. The molecule has 1 aromatic heterocycles. The summed E-state index contributed by atoms with van der Waals surface area (Å²) in [5.41, 5.74) is 1.64. The van der Waals surface area contributed by atoms with Crippen molar-refractivity contribution < 1.29 is 8.78 Å². The highest BCUT2D eigenvalue weighted by molar-refractivity contribution is 5.21. The summed E-state index contributed by atoms with van der Waals surface area (Å²) in [6, 6.07) is 5.92.